The number of cyclic esters (lactones) is 2. The summed E-state index contributed by atoms with van der Waals surface area (Å²) in [7, 11) is 3.12. The molecule has 19 heavy (non-hydrogen) atoms. The summed E-state index contributed by atoms with van der Waals surface area (Å²) in [5, 5.41) is 0. The molecule has 0 unspecified atom stereocenters. The largest absolute Gasteiger partial charge is 0.493 e. The molecule has 5 heteroatoms. The normalized spacial score (nSPS) is 16.9. The van der Waals surface area contributed by atoms with Gasteiger partial charge in [0.25, 0.3) is 0 Å². The van der Waals surface area contributed by atoms with Crippen LogP contribution < -0.4 is 9.47 Å². The maximum absolute atomic E-state index is 11.8. The van der Waals surface area contributed by atoms with Crippen molar-refractivity contribution in [3.8, 4) is 11.5 Å². The topological polar surface area (TPSA) is 61.8 Å². The minimum Gasteiger partial charge on any atom is -0.493 e. The van der Waals surface area contributed by atoms with E-state index in [2.05, 4.69) is 4.74 Å². The van der Waals surface area contributed by atoms with E-state index >= 15 is 0 Å². The van der Waals surface area contributed by atoms with Crippen molar-refractivity contribution in [3.05, 3.63) is 28.8 Å². The van der Waals surface area contributed by atoms with Crippen molar-refractivity contribution in [1.29, 1.82) is 0 Å². The van der Waals surface area contributed by atoms with Gasteiger partial charge in [0.05, 0.1) is 25.4 Å². The molecule has 0 aromatic heterocycles. The summed E-state index contributed by atoms with van der Waals surface area (Å²) in [5.74, 6) is 0.121. The molecule has 2 aliphatic rings. The second-order valence-corrected chi connectivity index (χ2v) is 4.36. The highest BCUT2D eigenvalue weighted by atomic mass is 16.6. The number of rotatable bonds is 2. The lowest BCUT2D eigenvalue weighted by atomic mass is 9.86. The molecular weight excluding hydrogens is 248 g/mol. The van der Waals surface area contributed by atoms with Crippen LogP contribution in [0.5, 0.6) is 11.5 Å². The van der Waals surface area contributed by atoms with E-state index in [1.807, 2.05) is 0 Å². The molecule has 0 N–H and O–H groups in total. The van der Waals surface area contributed by atoms with Crippen LogP contribution in [0.3, 0.4) is 0 Å². The van der Waals surface area contributed by atoms with Gasteiger partial charge in [-0.2, -0.15) is 0 Å². The molecule has 1 aliphatic heterocycles. The maximum Gasteiger partial charge on any atom is 0.347 e. The Hall–Kier alpha value is -2.30. The monoisotopic (exact) mass is 260 g/mol. The van der Waals surface area contributed by atoms with E-state index in [4.69, 9.17) is 9.47 Å². The number of carbonyl (C=O) groups excluding carboxylic acids is 2. The number of fused-ring (bicyclic) bond motifs is 2. The number of hydrogen-bond donors (Lipinski definition) is 0. The summed E-state index contributed by atoms with van der Waals surface area (Å²) in [6.07, 6.45) is 1.10. The number of benzene rings is 1. The molecule has 0 radical (unpaired) electrons. The summed E-state index contributed by atoms with van der Waals surface area (Å²) in [4.78, 5) is 23.3. The number of methoxy groups -OCH3 is 2. The van der Waals surface area contributed by atoms with Crippen LogP contribution in [0.2, 0.25) is 0 Å². The standard InChI is InChI=1S/C14H12O5/c1-17-10-6-5-7-8(12(10)18-2)3-4-9-11(7)14(16)19-13(9)15/h5-6H,3-4H2,1-2H3. The van der Waals surface area contributed by atoms with Gasteiger partial charge in [-0.3, -0.25) is 0 Å². The first kappa shape index (κ1) is 11.8. The van der Waals surface area contributed by atoms with Gasteiger partial charge in [0.1, 0.15) is 0 Å². The average molecular weight is 260 g/mol. The zero-order chi connectivity index (χ0) is 13.6. The van der Waals surface area contributed by atoms with E-state index < -0.39 is 11.9 Å². The second-order valence-electron chi connectivity index (χ2n) is 4.36. The van der Waals surface area contributed by atoms with Crippen LogP contribution in [0.4, 0.5) is 0 Å². The zero-order valence-corrected chi connectivity index (χ0v) is 10.6. The molecule has 3 rings (SSSR count). The Kier molecular flexibility index (Phi) is 2.55. The Labute approximate surface area is 109 Å². The lowest BCUT2D eigenvalue weighted by Gasteiger charge is -2.20. The average Bonchev–Trinajstić information content (AvgIpc) is 2.72. The molecular formula is C14H12O5. The van der Waals surface area contributed by atoms with Crippen molar-refractivity contribution >= 4 is 17.5 Å². The molecule has 5 nitrogen and oxygen atoms in total. The van der Waals surface area contributed by atoms with Crippen LogP contribution >= 0.6 is 0 Å². The van der Waals surface area contributed by atoms with Gasteiger partial charge in [-0.05, 0) is 30.5 Å². The third-order valence-corrected chi connectivity index (χ3v) is 3.48. The van der Waals surface area contributed by atoms with E-state index in [1.165, 1.54) is 0 Å². The molecule has 0 bridgehead atoms. The molecule has 0 amide bonds. The lowest BCUT2D eigenvalue weighted by molar-refractivity contribution is -0.150. The van der Waals surface area contributed by atoms with E-state index in [0.29, 0.717) is 41.1 Å². The summed E-state index contributed by atoms with van der Waals surface area (Å²) in [6, 6.07) is 3.49. The zero-order valence-electron chi connectivity index (χ0n) is 10.6. The van der Waals surface area contributed by atoms with Crippen molar-refractivity contribution in [2.45, 2.75) is 12.8 Å². The first-order valence-electron chi connectivity index (χ1n) is 5.91. The molecule has 1 aromatic rings. The van der Waals surface area contributed by atoms with E-state index in [0.717, 1.165) is 5.56 Å². The molecule has 1 aliphatic carbocycles. The van der Waals surface area contributed by atoms with Crippen LogP contribution in [0, 0.1) is 0 Å². The third-order valence-electron chi connectivity index (χ3n) is 3.48. The molecule has 0 atom stereocenters. The Morgan fingerprint density at radius 2 is 1.84 bits per heavy atom. The number of ether oxygens (including phenoxy) is 3. The molecule has 0 fully saturated rings. The van der Waals surface area contributed by atoms with Crippen molar-refractivity contribution in [2.24, 2.45) is 0 Å². The summed E-state index contributed by atoms with van der Waals surface area (Å²) < 4.78 is 15.3. The summed E-state index contributed by atoms with van der Waals surface area (Å²) in [5.41, 5.74) is 2.42. The SMILES string of the molecule is COc1ccc2c(c1OC)CCC1=C2C(=O)OC1=O. The summed E-state index contributed by atoms with van der Waals surface area (Å²) in [6.45, 7) is 0. The predicted molar refractivity (Wildman–Crippen MR) is 65.9 cm³/mol. The van der Waals surface area contributed by atoms with Crippen molar-refractivity contribution in [1.82, 2.24) is 0 Å². The minimum atomic E-state index is -0.576. The Balaban J connectivity index is 2.24. The van der Waals surface area contributed by atoms with Gasteiger partial charge in [-0.15, -0.1) is 0 Å². The highest BCUT2D eigenvalue weighted by molar-refractivity contribution is 6.31. The second kappa shape index (κ2) is 4.12. The molecule has 98 valence electrons. The number of carbonyl (C=O) groups is 2. The maximum atomic E-state index is 11.8. The van der Waals surface area contributed by atoms with Crippen LogP contribution in [-0.2, 0) is 20.7 Å². The molecule has 1 heterocycles. The van der Waals surface area contributed by atoms with Gasteiger partial charge in [0.2, 0.25) is 0 Å². The highest BCUT2D eigenvalue weighted by Crippen LogP contribution is 2.43. The van der Waals surface area contributed by atoms with Crippen molar-refractivity contribution in [2.75, 3.05) is 14.2 Å². The van der Waals surface area contributed by atoms with Crippen molar-refractivity contribution in [3.63, 3.8) is 0 Å². The molecule has 0 spiro atoms. The lowest BCUT2D eigenvalue weighted by Crippen LogP contribution is -2.09. The first-order valence-corrected chi connectivity index (χ1v) is 5.91. The first-order chi connectivity index (χ1) is 9.17. The van der Waals surface area contributed by atoms with Crippen molar-refractivity contribution < 1.29 is 23.8 Å². The fourth-order valence-electron chi connectivity index (χ4n) is 2.64. The van der Waals surface area contributed by atoms with Crippen LogP contribution in [0.25, 0.3) is 5.57 Å². The van der Waals surface area contributed by atoms with E-state index in [-0.39, 0.29) is 0 Å². The van der Waals surface area contributed by atoms with Gasteiger partial charge in [-0.1, -0.05) is 0 Å². The Morgan fingerprint density at radius 3 is 2.53 bits per heavy atom. The Bertz CT molecular complexity index is 627. The predicted octanol–water partition coefficient (Wildman–Crippen LogP) is 1.49. The fourth-order valence-corrected chi connectivity index (χ4v) is 2.64. The van der Waals surface area contributed by atoms with Crippen LogP contribution in [0.1, 0.15) is 17.5 Å². The van der Waals surface area contributed by atoms with E-state index in [9.17, 15) is 9.59 Å². The number of hydrogen-bond acceptors (Lipinski definition) is 5. The molecule has 1 aromatic carbocycles. The number of esters is 2. The molecule has 0 saturated heterocycles. The van der Waals surface area contributed by atoms with Gasteiger partial charge in [0.15, 0.2) is 11.5 Å². The van der Waals surface area contributed by atoms with E-state index in [1.54, 1.807) is 26.4 Å². The smallest absolute Gasteiger partial charge is 0.347 e. The van der Waals surface area contributed by atoms with Gasteiger partial charge >= 0.3 is 11.9 Å². The highest BCUT2D eigenvalue weighted by Gasteiger charge is 2.38. The van der Waals surface area contributed by atoms with Gasteiger partial charge in [-0.25, -0.2) is 9.59 Å². The Morgan fingerprint density at radius 1 is 1.05 bits per heavy atom. The fraction of sp³-hybridized carbons (Fsp3) is 0.286. The summed E-state index contributed by atoms with van der Waals surface area (Å²) >= 11 is 0. The van der Waals surface area contributed by atoms with Crippen LogP contribution in [0.15, 0.2) is 17.7 Å². The van der Waals surface area contributed by atoms with Gasteiger partial charge in [0, 0.05) is 5.56 Å². The molecule has 0 saturated carbocycles. The van der Waals surface area contributed by atoms with Crippen LogP contribution in [-0.4, -0.2) is 26.2 Å². The quantitative estimate of drug-likeness (QED) is 0.595. The van der Waals surface area contributed by atoms with Gasteiger partial charge < -0.3 is 14.2 Å². The third kappa shape index (κ3) is 1.54. The minimum absolute atomic E-state index is 0.368.